The third kappa shape index (κ3) is 3.51. The Kier molecular flexibility index (Phi) is 5.48. The first-order chi connectivity index (χ1) is 10.0. The second-order valence-corrected chi connectivity index (χ2v) is 7.24. The fraction of sp³-hybridized carbons (Fsp3) is 0.571. The van der Waals surface area contributed by atoms with Gasteiger partial charge in [-0.25, -0.2) is 8.42 Å². The van der Waals surface area contributed by atoms with Gasteiger partial charge >= 0.3 is 0 Å². The molecular formula is C14H20ClNO4S. The van der Waals surface area contributed by atoms with Crippen LogP contribution >= 0.6 is 11.6 Å². The van der Waals surface area contributed by atoms with Gasteiger partial charge in [0, 0.05) is 31.9 Å². The molecule has 5 nitrogen and oxygen atoms in total. The summed E-state index contributed by atoms with van der Waals surface area (Å²) in [5.74, 6) is 0.797. The Hall–Kier alpha value is -0.820. The first kappa shape index (κ1) is 16.5. The SMILES string of the molecule is COc1ccc(S(=O)(=O)N(C)C2CCOCC2)cc1CCl. The van der Waals surface area contributed by atoms with Crippen LogP contribution in [0.3, 0.4) is 0 Å². The first-order valence-electron chi connectivity index (χ1n) is 6.79. The molecule has 0 saturated carbocycles. The van der Waals surface area contributed by atoms with Crippen molar-refractivity contribution in [2.75, 3.05) is 27.4 Å². The van der Waals surface area contributed by atoms with Crippen LogP contribution in [0.1, 0.15) is 18.4 Å². The van der Waals surface area contributed by atoms with Gasteiger partial charge in [0.2, 0.25) is 10.0 Å². The normalized spacial score (nSPS) is 17.1. The van der Waals surface area contributed by atoms with Crippen molar-refractivity contribution in [1.29, 1.82) is 0 Å². The zero-order valence-electron chi connectivity index (χ0n) is 12.2. The van der Waals surface area contributed by atoms with Crippen molar-refractivity contribution in [2.45, 2.75) is 29.7 Å². The van der Waals surface area contributed by atoms with E-state index < -0.39 is 10.0 Å². The average Bonchev–Trinajstić information content (AvgIpc) is 2.54. The van der Waals surface area contributed by atoms with Gasteiger partial charge in [0.15, 0.2) is 0 Å². The molecule has 1 aromatic rings. The van der Waals surface area contributed by atoms with Crippen LogP contribution in [0.2, 0.25) is 0 Å². The van der Waals surface area contributed by atoms with E-state index in [1.54, 1.807) is 25.2 Å². The summed E-state index contributed by atoms with van der Waals surface area (Å²) in [5, 5.41) is 0. The Labute approximate surface area is 130 Å². The zero-order valence-corrected chi connectivity index (χ0v) is 13.8. The van der Waals surface area contributed by atoms with Crippen LogP contribution in [0.25, 0.3) is 0 Å². The molecule has 2 rings (SSSR count). The molecule has 1 aliphatic heterocycles. The highest BCUT2D eigenvalue weighted by Crippen LogP contribution is 2.27. The van der Waals surface area contributed by atoms with Gasteiger partial charge in [-0.2, -0.15) is 4.31 Å². The number of benzene rings is 1. The fourth-order valence-electron chi connectivity index (χ4n) is 2.43. The summed E-state index contributed by atoms with van der Waals surface area (Å²) in [4.78, 5) is 0.243. The largest absolute Gasteiger partial charge is 0.496 e. The number of alkyl halides is 1. The van der Waals surface area contributed by atoms with Crippen LogP contribution < -0.4 is 4.74 Å². The predicted octanol–water partition coefficient (Wildman–Crippen LogP) is 2.23. The van der Waals surface area contributed by atoms with E-state index >= 15 is 0 Å². The summed E-state index contributed by atoms with van der Waals surface area (Å²) in [6.45, 7) is 1.19. The predicted molar refractivity (Wildman–Crippen MR) is 81.3 cm³/mol. The molecule has 1 fully saturated rings. The minimum Gasteiger partial charge on any atom is -0.496 e. The van der Waals surface area contributed by atoms with E-state index in [-0.39, 0.29) is 16.8 Å². The first-order valence-corrected chi connectivity index (χ1v) is 8.77. The fourth-order valence-corrected chi connectivity index (χ4v) is 4.11. The highest BCUT2D eigenvalue weighted by atomic mass is 35.5. The van der Waals surface area contributed by atoms with E-state index in [2.05, 4.69) is 0 Å². The molecule has 118 valence electrons. The quantitative estimate of drug-likeness (QED) is 0.775. The molecule has 0 unspecified atom stereocenters. The summed E-state index contributed by atoms with van der Waals surface area (Å²) in [6, 6.07) is 4.75. The standard InChI is InChI=1S/C14H20ClNO4S/c1-16(12-5-7-20-8-6-12)21(17,18)13-3-4-14(19-2)11(9-13)10-15/h3-4,9,12H,5-8,10H2,1-2H3. The van der Waals surface area contributed by atoms with Gasteiger partial charge in [0.1, 0.15) is 5.75 Å². The number of rotatable bonds is 5. The monoisotopic (exact) mass is 333 g/mol. The Balaban J connectivity index is 2.30. The molecule has 0 amide bonds. The van der Waals surface area contributed by atoms with E-state index in [0.717, 1.165) is 0 Å². The maximum atomic E-state index is 12.7. The van der Waals surface area contributed by atoms with Crippen LogP contribution in [0.15, 0.2) is 23.1 Å². The van der Waals surface area contributed by atoms with Crippen molar-refractivity contribution >= 4 is 21.6 Å². The lowest BCUT2D eigenvalue weighted by atomic mass is 10.1. The molecule has 0 radical (unpaired) electrons. The summed E-state index contributed by atoms with van der Waals surface area (Å²) in [5.41, 5.74) is 0.667. The summed E-state index contributed by atoms with van der Waals surface area (Å²) in [7, 11) is -0.376. The Morgan fingerprint density at radius 1 is 1.38 bits per heavy atom. The second-order valence-electron chi connectivity index (χ2n) is 4.97. The molecule has 21 heavy (non-hydrogen) atoms. The van der Waals surface area contributed by atoms with Gasteiger partial charge in [-0.1, -0.05) is 0 Å². The van der Waals surface area contributed by atoms with Crippen molar-refractivity contribution in [3.8, 4) is 5.75 Å². The van der Waals surface area contributed by atoms with Crippen molar-refractivity contribution in [1.82, 2.24) is 4.31 Å². The van der Waals surface area contributed by atoms with Crippen LogP contribution in [-0.2, 0) is 20.6 Å². The zero-order chi connectivity index (χ0) is 15.5. The topological polar surface area (TPSA) is 55.8 Å². The number of hydrogen-bond acceptors (Lipinski definition) is 4. The molecule has 0 atom stereocenters. The number of sulfonamides is 1. The second kappa shape index (κ2) is 6.96. The average molecular weight is 334 g/mol. The van der Waals surface area contributed by atoms with Crippen LogP contribution in [0.4, 0.5) is 0 Å². The van der Waals surface area contributed by atoms with Gasteiger partial charge < -0.3 is 9.47 Å². The molecule has 1 heterocycles. The lowest BCUT2D eigenvalue weighted by molar-refractivity contribution is 0.0632. The third-order valence-corrected chi connectivity index (χ3v) is 5.97. The highest BCUT2D eigenvalue weighted by Gasteiger charge is 2.29. The molecule has 1 aliphatic rings. The summed E-state index contributed by atoms with van der Waals surface area (Å²) < 4.78 is 37.3. The molecule has 0 aromatic heterocycles. The minimum absolute atomic E-state index is 0.0229. The molecule has 7 heteroatoms. The smallest absolute Gasteiger partial charge is 0.243 e. The molecule has 0 N–H and O–H groups in total. The Morgan fingerprint density at radius 3 is 2.62 bits per heavy atom. The van der Waals surface area contributed by atoms with Crippen molar-refractivity contribution in [2.24, 2.45) is 0 Å². The van der Waals surface area contributed by atoms with Gasteiger partial charge in [0.05, 0.1) is 17.9 Å². The van der Waals surface area contributed by atoms with Crippen LogP contribution in [0, 0.1) is 0 Å². The lowest BCUT2D eigenvalue weighted by Gasteiger charge is -2.30. The van der Waals surface area contributed by atoms with Gasteiger partial charge in [0.25, 0.3) is 0 Å². The van der Waals surface area contributed by atoms with Gasteiger partial charge in [-0.3, -0.25) is 0 Å². The van der Waals surface area contributed by atoms with Crippen LogP contribution in [0.5, 0.6) is 5.75 Å². The number of hydrogen-bond donors (Lipinski definition) is 0. The van der Waals surface area contributed by atoms with Crippen molar-refractivity contribution < 1.29 is 17.9 Å². The number of methoxy groups -OCH3 is 1. The molecule has 0 bridgehead atoms. The third-order valence-electron chi connectivity index (χ3n) is 3.78. The van der Waals surface area contributed by atoms with E-state index in [0.29, 0.717) is 37.4 Å². The maximum Gasteiger partial charge on any atom is 0.243 e. The lowest BCUT2D eigenvalue weighted by Crippen LogP contribution is -2.40. The van der Waals surface area contributed by atoms with Gasteiger partial charge in [-0.15, -0.1) is 11.6 Å². The molecule has 0 spiro atoms. The molecule has 0 aliphatic carbocycles. The van der Waals surface area contributed by atoms with E-state index in [1.807, 2.05) is 0 Å². The van der Waals surface area contributed by atoms with Crippen LogP contribution in [-0.4, -0.2) is 46.1 Å². The van der Waals surface area contributed by atoms with E-state index in [1.165, 1.54) is 11.4 Å². The number of halogens is 1. The number of nitrogens with zero attached hydrogens (tertiary/aromatic N) is 1. The van der Waals surface area contributed by atoms with Crippen molar-refractivity contribution in [3.63, 3.8) is 0 Å². The van der Waals surface area contributed by atoms with E-state index in [4.69, 9.17) is 21.1 Å². The number of ether oxygens (including phenoxy) is 2. The minimum atomic E-state index is -3.53. The molecule has 1 aromatic carbocycles. The Morgan fingerprint density at radius 2 is 2.05 bits per heavy atom. The van der Waals surface area contributed by atoms with Crippen molar-refractivity contribution in [3.05, 3.63) is 23.8 Å². The Bertz CT molecular complexity index is 585. The molecule has 1 saturated heterocycles. The van der Waals surface area contributed by atoms with E-state index in [9.17, 15) is 8.42 Å². The maximum absolute atomic E-state index is 12.7. The summed E-state index contributed by atoms with van der Waals surface area (Å²) in [6.07, 6.45) is 1.43. The molecular weight excluding hydrogens is 314 g/mol. The highest BCUT2D eigenvalue weighted by molar-refractivity contribution is 7.89. The summed E-state index contributed by atoms with van der Waals surface area (Å²) >= 11 is 5.86. The van der Waals surface area contributed by atoms with Gasteiger partial charge in [-0.05, 0) is 31.0 Å².